The number of rotatable bonds is 2. The third kappa shape index (κ3) is 1.99. The highest BCUT2D eigenvalue weighted by Gasteiger charge is 2.41. The van der Waals surface area contributed by atoms with E-state index in [0.717, 1.165) is 24.2 Å². The minimum Gasteiger partial charge on any atom is -0.336 e. The largest absolute Gasteiger partial charge is 0.336 e. The van der Waals surface area contributed by atoms with E-state index in [1.165, 1.54) is 10.5 Å². The lowest BCUT2D eigenvalue weighted by atomic mass is 10.0. The summed E-state index contributed by atoms with van der Waals surface area (Å²) in [6.45, 7) is 0.720. The molecule has 0 saturated heterocycles. The third-order valence-corrected chi connectivity index (χ3v) is 4.48. The Morgan fingerprint density at radius 1 is 0.870 bits per heavy atom. The van der Waals surface area contributed by atoms with Crippen molar-refractivity contribution in [2.75, 3.05) is 18.5 Å². The quantitative estimate of drug-likeness (QED) is 0.800. The number of amides is 2. The van der Waals surface area contributed by atoms with E-state index >= 15 is 0 Å². The van der Waals surface area contributed by atoms with Crippen molar-refractivity contribution in [3.05, 3.63) is 71.4 Å². The lowest BCUT2D eigenvalue weighted by Gasteiger charge is -2.21. The van der Waals surface area contributed by atoms with Crippen LogP contribution in [-0.2, 0) is 16.0 Å². The van der Waals surface area contributed by atoms with Gasteiger partial charge in [0.1, 0.15) is 5.70 Å². The van der Waals surface area contributed by atoms with Gasteiger partial charge in [-0.2, -0.15) is 0 Å². The third-order valence-electron chi connectivity index (χ3n) is 4.48. The number of hydrogen-bond donors (Lipinski definition) is 0. The SMILES string of the molecule is CN1C(=O)C(c2ccccc2)=C(N2CCc3ccccc32)C1=O. The number of nitrogens with zero attached hydrogens (tertiary/aromatic N) is 2. The Kier molecular flexibility index (Phi) is 3.05. The van der Waals surface area contributed by atoms with Gasteiger partial charge in [0.15, 0.2) is 0 Å². The van der Waals surface area contributed by atoms with E-state index in [2.05, 4.69) is 6.07 Å². The molecule has 2 aromatic carbocycles. The van der Waals surface area contributed by atoms with Crippen LogP contribution in [0, 0.1) is 0 Å². The Morgan fingerprint density at radius 3 is 2.35 bits per heavy atom. The van der Waals surface area contributed by atoms with E-state index in [1.54, 1.807) is 7.05 Å². The van der Waals surface area contributed by atoms with Gasteiger partial charge >= 0.3 is 0 Å². The normalized spacial score (nSPS) is 17.3. The average molecular weight is 304 g/mol. The van der Waals surface area contributed by atoms with Gasteiger partial charge in [0.2, 0.25) is 0 Å². The van der Waals surface area contributed by atoms with Gasteiger partial charge in [-0.05, 0) is 23.6 Å². The summed E-state index contributed by atoms with van der Waals surface area (Å²) < 4.78 is 0. The summed E-state index contributed by atoms with van der Waals surface area (Å²) >= 11 is 0. The average Bonchev–Trinajstić information content (AvgIpc) is 3.10. The molecule has 23 heavy (non-hydrogen) atoms. The first-order valence-electron chi connectivity index (χ1n) is 7.66. The number of carbonyl (C=O) groups excluding carboxylic acids is 2. The zero-order valence-corrected chi connectivity index (χ0v) is 12.8. The van der Waals surface area contributed by atoms with E-state index in [-0.39, 0.29) is 11.8 Å². The van der Waals surface area contributed by atoms with Gasteiger partial charge in [-0.3, -0.25) is 14.5 Å². The molecule has 114 valence electrons. The van der Waals surface area contributed by atoms with E-state index in [0.29, 0.717) is 11.3 Å². The van der Waals surface area contributed by atoms with Crippen LogP contribution in [-0.4, -0.2) is 30.3 Å². The standard InChI is InChI=1S/C19H16N2O2/c1-20-18(22)16(14-8-3-2-4-9-14)17(19(20)23)21-12-11-13-7-5-6-10-15(13)21/h2-10H,11-12H2,1H3. The molecule has 0 aliphatic carbocycles. The van der Waals surface area contributed by atoms with Crippen LogP contribution in [0.25, 0.3) is 5.57 Å². The fourth-order valence-electron chi connectivity index (χ4n) is 3.31. The van der Waals surface area contributed by atoms with Crippen LogP contribution in [0.5, 0.6) is 0 Å². The predicted octanol–water partition coefficient (Wildman–Crippen LogP) is 2.46. The first-order valence-corrected chi connectivity index (χ1v) is 7.66. The van der Waals surface area contributed by atoms with Gasteiger partial charge in [0, 0.05) is 19.3 Å². The molecular weight excluding hydrogens is 288 g/mol. The Balaban J connectivity index is 1.91. The molecule has 4 rings (SSSR count). The molecule has 2 aliphatic heterocycles. The number of anilines is 1. The molecule has 0 bridgehead atoms. The molecule has 0 spiro atoms. The molecule has 2 heterocycles. The molecule has 0 fully saturated rings. The van der Waals surface area contributed by atoms with Crippen molar-refractivity contribution < 1.29 is 9.59 Å². The van der Waals surface area contributed by atoms with Crippen LogP contribution in [0.3, 0.4) is 0 Å². The maximum absolute atomic E-state index is 12.7. The molecule has 0 atom stereocenters. The van der Waals surface area contributed by atoms with Gasteiger partial charge in [-0.1, -0.05) is 48.5 Å². The predicted molar refractivity (Wildman–Crippen MR) is 88.6 cm³/mol. The van der Waals surface area contributed by atoms with Gasteiger partial charge in [0.25, 0.3) is 11.8 Å². The number of hydrogen-bond acceptors (Lipinski definition) is 3. The summed E-state index contributed by atoms with van der Waals surface area (Å²) in [7, 11) is 1.54. The summed E-state index contributed by atoms with van der Waals surface area (Å²) in [5.74, 6) is -0.467. The highest BCUT2D eigenvalue weighted by molar-refractivity contribution is 6.36. The Labute approximate surface area is 134 Å². The van der Waals surface area contributed by atoms with Crippen molar-refractivity contribution in [3.63, 3.8) is 0 Å². The second-order valence-electron chi connectivity index (χ2n) is 5.79. The van der Waals surface area contributed by atoms with E-state index < -0.39 is 0 Å². The molecule has 2 aliphatic rings. The van der Waals surface area contributed by atoms with Crippen molar-refractivity contribution >= 4 is 23.1 Å². The molecule has 0 aromatic heterocycles. The highest BCUT2D eigenvalue weighted by atomic mass is 16.2. The fraction of sp³-hybridized carbons (Fsp3) is 0.158. The molecular formula is C19H16N2O2. The smallest absolute Gasteiger partial charge is 0.277 e. The van der Waals surface area contributed by atoms with Crippen LogP contribution in [0.2, 0.25) is 0 Å². The lowest BCUT2D eigenvalue weighted by molar-refractivity contribution is -0.135. The Morgan fingerprint density at radius 2 is 1.57 bits per heavy atom. The van der Waals surface area contributed by atoms with Crippen molar-refractivity contribution in [3.8, 4) is 0 Å². The Bertz CT molecular complexity index is 839. The van der Waals surface area contributed by atoms with Gasteiger partial charge in [-0.15, -0.1) is 0 Å². The lowest BCUT2D eigenvalue weighted by Crippen LogP contribution is -2.31. The number of likely N-dealkylation sites (N-methyl/N-ethyl adjacent to an activating group) is 1. The van der Waals surface area contributed by atoms with Crippen LogP contribution in [0.15, 0.2) is 60.3 Å². The Hall–Kier alpha value is -2.88. The second kappa shape index (κ2) is 5.09. The van der Waals surface area contributed by atoms with Crippen LogP contribution in [0.1, 0.15) is 11.1 Å². The zero-order valence-electron chi connectivity index (χ0n) is 12.8. The van der Waals surface area contributed by atoms with Crippen molar-refractivity contribution in [1.82, 2.24) is 4.90 Å². The number of para-hydroxylation sites is 1. The maximum Gasteiger partial charge on any atom is 0.277 e. The molecule has 4 heteroatoms. The molecule has 0 unspecified atom stereocenters. The first kappa shape index (κ1) is 13.8. The highest BCUT2D eigenvalue weighted by Crippen LogP contribution is 2.37. The number of carbonyl (C=O) groups is 2. The van der Waals surface area contributed by atoms with Gasteiger partial charge in [0.05, 0.1) is 5.57 Å². The van der Waals surface area contributed by atoms with Crippen LogP contribution < -0.4 is 4.90 Å². The number of fused-ring (bicyclic) bond motifs is 1. The van der Waals surface area contributed by atoms with Crippen LogP contribution in [0.4, 0.5) is 5.69 Å². The molecule has 0 radical (unpaired) electrons. The van der Waals surface area contributed by atoms with Crippen LogP contribution >= 0.6 is 0 Å². The van der Waals surface area contributed by atoms with Crippen molar-refractivity contribution in [2.45, 2.75) is 6.42 Å². The summed E-state index contributed by atoms with van der Waals surface area (Å²) in [5, 5.41) is 0. The number of imide groups is 1. The minimum atomic E-state index is -0.236. The summed E-state index contributed by atoms with van der Waals surface area (Å²) in [6.07, 6.45) is 0.882. The summed E-state index contributed by atoms with van der Waals surface area (Å²) in [6, 6.07) is 17.5. The monoisotopic (exact) mass is 304 g/mol. The first-order chi connectivity index (χ1) is 11.2. The zero-order chi connectivity index (χ0) is 16.0. The van der Waals surface area contributed by atoms with E-state index in [4.69, 9.17) is 0 Å². The molecule has 2 amide bonds. The van der Waals surface area contributed by atoms with Gasteiger partial charge in [-0.25, -0.2) is 0 Å². The van der Waals surface area contributed by atoms with E-state index in [1.807, 2.05) is 53.4 Å². The van der Waals surface area contributed by atoms with Crippen molar-refractivity contribution in [1.29, 1.82) is 0 Å². The molecule has 0 saturated carbocycles. The van der Waals surface area contributed by atoms with Crippen molar-refractivity contribution in [2.24, 2.45) is 0 Å². The summed E-state index contributed by atoms with van der Waals surface area (Å²) in [5.41, 5.74) is 4.01. The van der Waals surface area contributed by atoms with Gasteiger partial charge < -0.3 is 4.90 Å². The molecule has 0 N–H and O–H groups in total. The topological polar surface area (TPSA) is 40.6 Å². The number of benzene rings is 2. The second-order valence-corrected chi connectivity index (χ2v) is 5.79. The molecule has 4 nitrogen and oxygen atoms in total. The maximum atomic E-state index is 12.7. The summed E-state index contributed by atoms with van der Waals surface area (Å²) in [4.78, 5) is 28.5. The fourth-order valence-corrected chi connectivity index (χ4v) is 3.31. The minimum absolute atomic E-state index is 0.231. The molecule has 2 aromatic rings. The van der Waals surface area contributed by atoms with E-state index in [9.17, 15) is 9.59 Å².